The molecule has 2 aromatic heterocycles. The van der Waals surface area contributed by atoms with Gasteiger partial charge in [0, 0.05) is 74.4 Å². The number of aryl methyl sites for hydroxylation is 1. The lowest BCUT2D eigenvalue weighted by Crippen LogP contribution is -2.67. The molecule has 3 aliphatic heterocycles. The van der Waals surface area contributed by atoms with Crippen LogP contribution in [0.3, 0.4) is 0 Å². The highest BCUT2D eigenvalue weighted by atomic mass is 16.6. The first kappa shape index (κ1) is 43.7. The Kier molecular flexibility index (Phi) is 12.6. The summed E-state index contributed by atoms with van der Waals surface area (Å²) < 4.78 is 19.0. The number of aliphatic hydroxyl groups is 1. The van der Waals surface area contributed by atoms with Crippen LogP contribution in [-0.4, -0.2) is 112 Å². The lowest BCUT2D eigenvalue weighted by molar-refractivity contribution is -0.189. The molecule has 0 saturated carbocycles. The summed E-state index contributed by atoms with van der Waals surface area (Å²) in [6, 6.07) is 11.1. The highest BCUT2D eigenvalue weighted by Crippen LogP contribution is 2.41. The minimum absolute atomic E-state index is 0.0175. The van der Waals surface area contributed by atoms with Gasteiger partial charge in [-0.05, 0) is 83.8 Å². The van der Waals surface area contributed by atoms with Crippen LogP contribution in [0.4, 0.5) is 0 Å². The summed E-state index contributed by atoms with van der Waals surface area (Å²) in [6.07, 6.45) is 4.25. The van der Waals surface area contributed by atoms with Crippen LogP contribution in [0, 0.1) is 17.3 Å². The predicted octanol–water partition coefficient (Wildman–Crippen LogP) is 4.34. The highest BCUT2D eigenvalue weighted by molar-refractivity contribution is 5.96. The van der Waals surface area contributed by atoms with Gasteiger partial charge in [-0.1, -0.05) is 39.8 Å². The van der Waals surface area contributed by atoms with E-state index in [2.05, 4.69) is 39.4 Å². The molecule has 326 valence electrons. The second kappa shape index (κ2) is 17.6. The van der Waals surface area contributed by atoms with E-state index in [4.69, 9.17) is 14.2 Å². The molecule has 3 aliphatic rings. The number of pyridine rings is 1. The Morgan fingerprint density at radius 3 is 2.57 bits per heavy atom. The Balaban J connectivity index is 1.36. The average Bonchev–Trinajstić information content (AvgIpc) is 3.49. The van der Waals surface area contributed by atoms with Crippen molar-refractivity contribution in [3.05, 3.63) is 71.5 Å². The Morgan fingerprint density at radius 1 is 1.11 bits per heavy atom. The molecule has 5 heterocycles. The number of aromatic nitrogens is 2. The smallest absolute Gasteiger partial charge is 0.355 e. The summed E-state index contributed by atoms with van der Waals surface area (Å²) in [6.45, 7) is 11.4. The van der Waals surface area contributed by atoms with Crippen LogP contribution in [0.1, 0.15) is 64.2 Å². The molecule has 2 aromatic carbocycles. The number of phenolic OH excluding ortho intramolecular Hbond substituents is 1. The topological polar surface area (TPSA) is 185 Å². The third kappa shape index (κ3) is 8.87. The number of rotatable bonds is 9. The van der Waals surface area contributed by atoms with Crippen LogP contribution in [0.15, 0.2) is 54.9 Å². The maximum atomic E-state index is 14.6. The van der Waals surface area contributed by atoms with E-state index in [1.807, 2.05) is 52.1 Å². The number of ether oxygens (including phenoxy) is 3. The van der Waals surface area contributed by atoms with Crippen molar-refractivity contribution in [2.75, 3.05) is 40.5 Å². The van der Waals surface area contributed by atoms with Crippen LogP contribution in [-0.2, 0) is 59.4 Å². The number of carbonyl (C=O) groups excluding carboxylic acids is 4. The van der Waals surface area contributed by atoms with Crippen molar-refractivity contribution in [1.82, 2.24) is 30.2 Å². The van der Waals surface area contributed by atoms with Crippen molar-refractivity contribution in [3.63, 3.8) is 0 Å². The van der Waals surface area contributed by atoms with Crippen LogP contribution in [0.2, 0.25) is 0 Å². The molecule has 7 rings (SSSR count). The molecular formula is C46H58N6O9. The number of aromatic hydroxyl groups is 1. The maximum Gasteiger partial charge on any atom is 0.355 e. The van der Waals surface area contributed by atoms with Crippen molar-refractivity contribution < 1.29 is 43.6 Å². The van der Waals surface area contributed by atoms with Gasteiger partial charge < -0.3 is 39.2 Å². The average molecular weight is 839 g/mol. The number of fused-ring (bicyclic) bond motifs is 6. The van der Waals surface area contributed by atoms with Gasteiger partial charge in [0.2, 0.25) is 17.5 Å². The SMILES string of the molecule is CCn1c(-c2cnccc2COC)c2c3cc(ccc31)-c1cc(O)cc(c1)C[C@H](NC(=O)[C@H](C(C)C)N(C)C(=O)C1COC1)C(=O)N1CCC[C@@](O)(N1)C(=O)OCC(C)(C)C2. The Morgan fingerprint density at radius 2 is 1.89 bits per heavy atom. The summed E-state index contributed by atoms with van der Waals surface area (Å²) in [4.78, 5) is 61.9. The molecule has 0 aliphatic carbocycles. The van der Waals surface area contributed by atoms with Gasteiger partial charge in [-0.3, -0.25) is 24.4 Å². The number of nitrogens with zero attached hydrogens (tertiary/aromatic N) is 4. The number of methoxy groups -OCH3 is 1. The number of hydrogen-bond acceptors (Lipinski definition) is 11. The van der Waals surface area contributed by atoms with Gasteiger partial charge >= 0.3 is 5.97 Å². The minimum Gasteiger partial charge on any atom is -0.508 e. The van der Waals surface area contributed by atoms with Crippen LogP contribution < -0.4 is 10.7 Å². The van der Waals surface area contributed by atoms with E-state index in [1.54, 1.807) is 32.5 Å². The first-order valence-corrected chi connectivity index (χ1v) is 21.1. The van der Waals surface area contributed by atoms with Crippen LogP contribution in [0.25, 0.3) is 33.3 Å². The van der Waals surface area contributed by atoms with Crippen molar-refractivity contribution in [3.8, 4) is 28.1 Å². The van der Waals surface area contributed by atoms with E-state index in [9.17, 15) is 29.4 Å². The lowest BCUT2D eigenvalue weighted by atomic mass is 9.84. The minimum atomic E-state index is -2.23. The molecule has 61 heavy (non-hydrogen) atoms. The molecule has 15 heteroatoms. The monoisotopic (exact) mass is 838 g/mol. The summed E-state index contributed by atoms with van der Waals surface area (Å²) in [7, 11) is 3.23. The molecule has 3 atom stereocenters. The predicted molar refractivity (Wildman–Crippen MR) is 227 cm³/mol. The van der Waals surface area contributed by atoms with Crippen molar-refractivity contribution in [2.45, 2.75) is 91.3 Å². The van der Waals surface area contributed by atoms with Crippen LogP contribution >= 0.6 is 0 Å². The van der Waals surface area contributed by atoms with Gasteiger partial charge in [0.25, 0.3) is 5.91 Å². The second-order valence-electron chi connectivity index (χ2n) is 17.8. The van der Waals surface area contributed by atoms with Crippen molar-refractivity contribution in [2.24, 2.45) is 17.3 Å². The normalized spacial score (nSPS) is 21.4. The number of cyclic esters (lactones) is 1. The molecule has 0 spiro atoms. The van der Waals surface area contributed by atoms with E-state index in [-0.39, 0.29) is 69.1 Å². The van der Waals surface area contributed by atoms with Gasteiger partial charge in [0.15, 0.2) is 0 Å². The third-order valence-electron chi connectivity index (χ3n) is 12.1. The molecule has 2 fully saturated rings. The Labute approximate surface area is 356 Å². The number of nitrogens with one attached hydrogen (secondary N) is 2. The number of hydrogen-bond donors (Lipinski definition) is 4. The van der Waals surface area contributed by atoms with E-state index >= 15 is 0 Å². The fourth-order valence-corrected chi connectivity index (χ4v) is 8.96. The first-order valence-electron chi connectivity index (χ1n) is 21.1. The lowest BCUT2D eigenvalue weighted by Gasteiger charge is -2.40. The molecule has 0 radical (unpaired) electrons. The zero-order valence-corrected chi connectivity index (χ0v) is 36.1. The molecular weight excluding hydrogens is 781 g/mol. The number of likely N-dealkylation sites (N-methyl/N-ethyl adjacent to an activating group) is 1. The van der Waals surface area contributed by atoms with Gasteiger partial charge in [-0.15, -0.1) is 0 Å². The molecule has 6 bridgehead atoms. The molecule has 4 N–H and O–H groups in total. The number of carbonyl (C=O) groups is 4. The second-order valence-corrected chi connectivity index (χ2v) is 17.8. The van der Waals surface area contributed by atoms with Gasteiger partial charge in [0.1, 0.15) is 17.8 Å². The van der Waals surface area contributed by atoms with Crippen molar-refractivity contribution in [1.29, 1.82) is 0 Å². The number of benzene rings is 2. The summed E-state index contributed by atoms with van der Waals surface area (Å²) in [5, 5.41) is 28.1. The number of esters is 1. The zero-order valence-electron chi connectivity index (χ0n) is 36.1. The van der Waals surface area contributed by atoms with E-state index in [0.29, 0.717) is 30.7 Å². The number of hydrazine groups is 1. The first-order chi connectivity index (χ1) is 29.0. The highest BCUT2D eigenvalue weighted by Gasteiger charge is 2.46. The third-order valence-corrected chi connectivity index (χ3v) is 12.1. The van der Waals surface area contributed by atoms with E-state index in [0.717, 1.165) is 43.9 Å². The summed E-state index contributed by atoms with van der Waals surface area (Å²) >= 11 is 0. The zero-order chi connectivity index (χ0) is 43.8. The Bertz CT molecular complexity index is 2320. The fraction of sp³-hybridized carbons (Fsp3) is 0.500. The molecule has 0 unspecified atom stereocenters. The molecule has 15 nitrogen and oxygen atoms in total. The van der Waals surface area contributed by atoms with Crippen molar-refractivity contribution >= 4 is 34.6 Å². The number of amides is 3. The summed E-state index contributed by atoms with van der Waals surface area (Å²) in [5.41, 5.74) is 6.76. The molecule has 3 amide bonds. The maximum absolute atomic E-state index is 14.6. The van der Waals surface area contributed by atoms with E-state index in [1.165, 1.54) is 4.90 Å². The van der Waals surface area contributed by atoms with E-state index < -0.39 is 41.0 Å². The standard InChI is InChI=1S/C46H58N6O9/c1-8-51-38-11-10-29-20-34(38)35(40(51)36-22-47-14-12-30(36)23-59-7)21-45(4,5)26-61-44(57)46(58)13-9-15-52(49-46)43(56)37(18-28-16-31(29)19-33(53)17-28)48-41(54)39(27(2)3)50(6)42(55)32-24-60-25-32/h10-12,14,16-17,19-20,22,27,32,37,39,49,53,58H,8-9,13,15,18,21,23-26H2,1-7H3,(H,48,54)/t37-,39-,46-/m0/s1. The van der Waals surface area contributed by atoms with Gasteiger partial charge in [0.05, 0.1) is 38.0 Å². The quantitative estimate of drug-likeness (QED) is 0.176. The van der Waals surface area contributed by atoms with Crippen LogP contribution in [0.5, 0.6) is 5.75 Å². The fourth-order valence-electron chi connectivity index (χ4n) is 8.96. The van der Waals surface area contributed by atoms with Gasteiger partial charge in [-0.2, -0.15) is 5.43 Å². The largest absolute Gasteiger partial charge is 0.508 e. The molecule has 4 aromatic rings. The van der Waals surface area contributed by atoms with Gasteiger partial charge in [-0.25, -0.2) is 4.79 Å². The number of phenols is 1. The Hall–Kier alpha value is -5.35. The summed E-state index contributed by atoms with van der Waals surface area (Å²) in [5.74, 6) is -3.01. The molecule has 2 saturated heterocycles.